The molecule has 2 heteroatoms. The van der Waals surface area contributed by atoms with Gasteiger partial charge in [0, 0.05) is 17.3 Å². The smallest absolute Gasteiger partial charge is 0.0781 e. The number of anilines is 1. The number of rotatable bonds is 8. The first-order valence-corrected chi connectivity index (χ1v) is 7.18. The second kappa shape index (κ2) is 8.15. The van der Waals surface area contributed by atoms with Gasteiger partial charge in [-0.2, -0.15) is 0 Å². The fourth-order valence-electron chi connectivity index (χ4n) is 2.21. The maximum atomic E-state index is 9.72. The van der Waals surface area contributed by atoms with Gasteiger partial charge in [-0.3, -0.25) is 0 Å². The van der Waals surface area contributed by atoms with Crippen LogP contribution in [0.25, 0.3) is 0 Å². The van der Waals surface area contributed by atoms with Gasteiger partial charge in [0.15, 0.2) is 0 Å². The summed E-state index contributed by atoms with van der Waals surface area (Å²) in [5.41, 5.74) is 2.05. The Morgan fingerprint density at radius 3 is 2.50 bits per heavy atom. The lowest BCUT2D eigenvalue weighted by atomic mass is 10.1. The molecular formula is C16H27NO. The molecule has 1 aromatic carbocycles. The van der Waals surface area contributed by atoms with Crippen molar-refractivity contribution in [1.82, 2.24) is 0 Å². The van der Waals surface area contributed by atoms with E-state index in [1.807, 2.05) is 31.2 Å². The Kier molecular flexibility index (Phi) is 6.81. The fraction of sp³-hybridized carbons (Fsp3) is 0.625. The normalized spacial score (nSPS) is 14.2. The Balaban J connectivity index is 2.46. The van der Waals surface area contributed by atoms with E-state index in [4.69, 9.17) is 0 Å². The largest absolute Gasteiger partial charge is 0.389 e. The van der Waals surface area contributed by atoms with Crippen LogP contribution in [0.1, 0.15) is 64.5 Å². The molecule has 0 aliphatic carbocycles. The first-order valence-electron chi connectivity index (χ1n) is 7.18. The van der Waals surface area contributed by atoms with E-state index in [0.29, 0.717) is 6.04 Å². The number of benzene rings is 1. The van der Waals surface area contributed by atoms with E-state index in [1.165, 1.54) is 32.1 Å². The molecule has 1 aromatic rings. The highest BCUT2D eigenvalue weighted by Crippen LogP contribution is 2.23. The molecule has 0 aromatic heterocycles. The average molecular weight is 249 g/mol. The molecule has 102 valence electrons. The third-order valence-electron chi connectivity index (χ3n) is 3.30. The van der Waals surface area contributed by atoms with Gasteiger partial charge in [-0.05, 0) is 26.3 Å². The molecule has 18 heavy (non-hydrogen) atoms. The predicted molar refractivity (Wildman–Crippen MR) is 78.9 cm³/mol. The fourth-order valence-corrected chi connectivity index (χ4v) is 2.21. The lowest BCUT2D eigenvalue weighted by Gasteiger charge is -2.19. The quantitative estimate of drug-likeness (QED) is 0.664. The van der Waals surface area contributed by atoms with Crippen molar-refractivity contribution in [3.63, 3.8) is 0 Å². The molecule has 0 spiro atoms. The molecule has 0 heterocycles. The van der Waals surface area contributed by atoms with E-state index in [2.05, 4.69) is 19.2 Å². The van der Waals surface area contributed by atoms with Crippen molar-refractivity contribution < 1.29 is 5.11 Å². The van der Waals surface area contributed by atoms with Gasteiger partial charge in [0.25, 0.3) is 0 Å². The summed E-state index contributed by atoms with van der Waals surface area (Å²) in [4.78, 5) is 0. The summed E-state index contributed by atoms with van der Waals surface area (Å²) in [6.07, 6.45) is 5.98. The lowest BCUT2D eigenvalue weighted by molar-refractivity contribution is 0.200. The van der Waals surface area contributed by atoms with E-state index >= 15 is 0 Å². The molecule has 0 saturated heterocycles. The van der Waals surface area contributed by atoms with Gasteiger partial charge >= 0.3 is 0 Å². The van der Waals surface area contributed by atoms with Crippen LogP contribution in [0.4, 0.5) is 5.69 Å². The highest BCUT2D eigenvalue weighted by Gasteiger charge is 2.09. The van der Waals surface area contributed by atoms with Crippen LogP contribution in [-0.4, -0.2) is 11.1 Å². The van der Waals surface area contributed by atoms with Crippen molar-refractivity contribution in [2.75, 3.05) is 5.32 Å². The summed E-state index contributed by atoms with van der Waals surface area (Å²) in [6.45, 7) is 6.26. The number of nitrogens with one attached hydrogen (secondary N) is 1. The Hall–Kier alpha value is -1.02. The topological polar surface area (TPSA) is 32.3 Å². The molecule has 0 bridgehead atoms. The van der Waals surface area contributed by atoms with Crippen LogP contribution in [0.15, 0.2) is 24.3 Å². The van der Waals surface area contributed by atoms with Crippen LogP contribution in [0.5, 0.6) is 0 Å². The van der Waals surface area contributed by atoms with Crippen molar-refractivity contribution in [3.05, 3.63) is 29.8 Å². The SMILES string of the molecule is CCCCCCC(C)Nc1ccccc1C(C)O. The summed E-state index contributed by atoms with van der Waals surface area (Å²) in [7, 11) is 0. The molecule has 2 unspecified atom stereocenters. The van der Waals surface area contributed by atoms with Crippen molar-refractivity contribution in [3.8, 4) is 0 Å². The highest BCUT2D eigenvalue weighted by molar-refractivity contribution is 5.52. The summed E-state index contributed by atoms with van der Waals surface area (Å²) < 4.78 is 0. The Bertz CT molecular complexity index is 336. The molecule has 0 saturated carbocycles. The van der Waals surface area contributed by atoms with Gasteiger partial charge in [0.1, 0.15) is 0 Å². The monoisotopic (exact) mass is 249 g/mol. The van der Waals surface area contributed by atoms with Crippen molar-refractivity contribution >= 4 is 5.69 Å². The molecule has 1 rings (SSSR count). The second-order valence-corrected chi connectivity index (χ2v) is 5.16. The number of hydrogen-bond donors (Lipinski definition) is 2. The molecule has 0 aliphatic rings. The van der Waals surface area contributed by atoms with Gasteiger partial charge in [0.2, 0.25) is 0 Å². The maximum absolute atomic E-state index is 9.72. The van der Waals surface area contributed by atoms with Gasteiger partial charge < -0.3 is 10.4 Å². The van der Waals surface area contributed by atoms with Crippen LogP contribution in [-0.2, 0) is 0 Å². The minimum absolute atomic E-state index is 0.416. The van der Waals surface area contributed by atoms with E-state index in [9.17, 15) is 5.11 Å². The molecule has 0 amide bonds. The van der Waals surface area contributed by atoms with E-state index < -0.39 is 6.10 Å². The maximum Gasteiger partial charge on any atom is 0.0781 e. The zero-order valence-corrected chi connectivity index (χ0v) is 11.9. The molecule has 2 atom stereocenters. The molecule has 0 fully saturated rings. The third-order valence-corrected chi connectivity index (χ3v) is 3.30. The molecule has 2 nitrogen and oxygen atoms in total. The first-order chi connectivity index (χ1) is 8.65. The van der Waals surface area contributed by atoms with E-state index in [1.54, 1.807) is 0 Å². The number of aliphatic hydroxyl groups excluding tert-OH is 1. The number of unbranched alkanes of at least 4 members (excludes halogenated alkanes) is 3. The third kappa shape index (κ3) is 5.09. The summed E-state index contributed by atoms with van der Waals surface area (Å²) in [6, 6.07) is 8.47. The predicted octanol–water partition coefficient (Wildman–Crippen LogP) is 4.51. The molecule has 0 aliphatic heterocycles. The Morgan fingerprint density at radius 2 is 1.83 bits per heavy atom. The first kappa shape index (κ1) is 15.0. The highest BCUT2D eigenvalue weighted by atomic mass is 16.3. The number of para-hydroxylation sites is 1. The summed E-state index contributed by atoms with van der Waals surface area (Å²) in [5, 5.41) is 13.2. The average Bonchev–Trinajstić information content (AvgIpc) is 2.35. The van der Waals surface area contributed by atoms with E-state index in [-0.39, 0.29) is 0 Å². The molecular weight excluding hydrogens is 222 g/mol. The molecule has 2 N–H and O–H groups in total. The van der Waals surface area contributed by atoms with Gasteiger partial charge in [-0.15, -0.1) is 0 Å². The zero-order valence-electron chi connectivity index (χ0n) is 11.9. The van der Waals surface area contributed by atoms with E-state index in [0.717, 1.165) is 11.3 Å². The van der Waals surface area contributed by atoms with Crippen LogP contribution in [0.3, 0.4) is 0 Å². The zero-order chi connectivity index (χ0) is 13.4. The van der Waals surface area contributed by atoms with Crippen LogP contribution < -0.4 is 5.32 Å². The van der Waals surface area contributed by atoms with Crippen molar-refractivity contribution in [2.45, 2.75) is 65.0 Å². The Morgan fingerprint density at radius 1 is 1.11 bits per heavy atom. The van der Waals surface area contributed by atoms with Crippen LogP contribution in [0, 0.1) is 0 Å². The van der Waals surface area contributed by atoms with Crippen LogP contribution >= 0.6 is 0 Å². The Labute approximate surface area is 111 Å². The van der Waals surface area contributed by atoms with Crippen molar-refractivity contribution in [1.29, 1.82) is 0 Å². The van der Waals surface area contributed by atoms with Crippen molar-refractivity contribution in [2.24, 2.45) is 0 Å². The van der Waals surface area contributed by atoms with Gasteiger partial charge in [-0.25, -0.2) is 0 Å². The second-order valence-electron chi connectivity index (χ2n) is 5.16. The van der Waals surface area contributed by atoms with Gasteiger partial charge in [0.05, 0.1) is 6.10 Å². The standard InChI is InChI=1S/C16H27NO/c1-4-5-6-7-10-13(2)17-16-12-9-8-11-15(16)14(3)18/h8-9,11-14,17-18H,4-7,10H2,1-3H3. The lowest BCUT2D eigenvalue weighted by Crippen LogP contribution is -2.16. The molecule has 0 radical (unpaired) electrons. The van der Waals surface area contributed by atoms with Crippen LogP contribution in [0.2, 0.25) is 0 Å². The minimum Gasteiger partial charge on any atom is -0.389 e. The minimum atomic E-state index is -0.416. The summed E-state index contributed by atoms with van der Waals surface area (Å²) in [5.74, 6) is 0. The van der Waals surface area contributed by atoms with Gasteiger partial charge in [-0.1, -0.05) is 50.8 Å². The number of hydrogen-bond acceptors (Lipinski definition) is 2. The number of aliphatic hydroxyl groups is 1. The summed E-state index contributed by atoms with van der Waals surface area (Å²) >= 11 is 0.